The molecule has 1 unspecified atom stereocenters. The number of benzene rings is 3. The number of aryl methyl sites for hydroxylation is 2. The lowest BCUT2D eigenvalue weighted by molar-refractivity contribution is 1.36. The molecule has 3 rings (SSSR count). The molecule has 0 spiro atoms. The number of halogens is 1. The van der Waals surface area contributed by atoms with Gasteiger partial charge in [0, 0.05) is 0 Å². The van der Waals surface area contributed by atoms with E-state index in [4.69, 9.17) is 11.1 Å². The molecular formula is C24H29ClSi2. The predicted molar refractivity (Wildman–Crippen MR) is 127 cm³/mol. The Labute approximate surface area is 171 Å². The van der Waals surface area contributed by atoms with Crippen LogP contribution in [-0.4, -0.2) is 15.5 Å². The Morgan fingerprint density at radius 3 is 1.93 bits per heavy atom. The molecule has 0 radical (unpaired) electrons. The van der Waals surface area contributed by atoms with E-state index < -0.39 is 15.5 Å². The molecule has 0 aliphatic rings. The third-order valence-corrected chi connectivity index (χ3v) is 12.9. The summed E-state index contributed by atoms with van der Waals surface area (Å²) in [6.45, 7) is 13.8. The molecule has 0 nitrogen and oxygen atoms in total. The van der Waals surface area contributed by atoms with Crippen molar-refractivity contribution < 1.29 is 0 Å². The van der Waals surface area contributed by atoms with E-state index in [0.717, 1.165) is 0 Å². The lowest BCUT2D eigenvalue weighted by Crippen LogP contribution is -2.64. The molecule has 1 atom stereocenters. The summed E-state index contributed by atoms with van der Waals surface area (Å²) in [6.07, 6.45) is 0. The highest BCUT2D eigenvalue weighted by atomic mass is 35.6. The first-order valence-corrected chi connectivity index (χ1v) is 16.1. The number of rotatable bonds is 4. The van der Waals surface area contributed by atoms with E-state index in [-0.39, 0.29) is 0 Å². The Hall–Kier alpha value is -1.62. The van der Waals surface area contributed by atoms with E-state index in [1.807, 2.05) is 0 Å². The highest BCUT2D eigenvalue weighted by Gasteiger charge is 2.40. The van der Waals surface area contributed by atoms with E-state index in [1.165, 1.54) is 37.4 Å². The zero-order valence-corrected chi connectivity index (χ0v) is 20.0. The Balaban J connectivity index is 2.36. The van der Waals surface area contributed by atoms with Crippen molar-refractivity contribution in [3.05, 3.63) is 83.4 Å². The third-order valence-electron chi connectivity index (χ3n) is 5.49. The quantitative estimate of drug-likeness (QED) is 0.341. The maximum Gasteiger partial charge on any atom is 0.248 e. The molecule has 0 aromatic heterocycles. The van der Waals surface area contributed by atoms with Gasteiger partial charge < -0.3 is 0 Å². The van der Waals surface area contributed by atoms with Crippen molar-refractivity contribution in [3.63, 3.8) is 0 Å². The van der Waals surface area contributed by atoms with Crippen LogP contribution in [-0.2, 0) is 0 Å². The van der Waals surface area contributed by atoms with Crippen molar-refractivity contribution in [1.29, 1.82) is 0 Å². The van der Waals surface area contributed by atoms with Gasteiger partial charge in [0.05, 0.1) is 8.07 Å². The van der Waals surface area contributed by atoms with Gasteiger partial charge in [0.1, 0.15) is 0 Å². The van der Waals surface area contributed by atoms with Crippen LogP contribution in [0.5, 0.6) is 0 Å². The number of hydrogen-bond acceptors (Lipinski definition) is 0. The summed E-state index contributed by atoms with van der Waals surface area (Å²) in [7, 11) is -4.04. The molecule has 0 heterocycles. The second-order valence-corrected chi connectivity index (χ2v) is 18.4. The normalized spacial score (nSPS) is 14.0. The molecule has 0 aliphatic heterocycles. The maximum absolute atomic E-state index is 7.74. The lowest BCUT2D eigenvalue weighted by atomic mass is 10.1. The smallest absolute Gasteiger partial charge is 0.149 e. The average Bonchev–Trinajstić information content (AvgIpc) is 2.63. The molecule has 3 aromatic rings. The van der Waals surface area contributed by atoms with Gasteiger partial charge in [-0.2, -0.15) is 0 Å². The zero-order chi connectivity index (χ0) is 19.8. The van der Waals surface area contributed by atoms with Crippen molar-refractivity contribution in [2.45, 2.75) is 40.4 Å². The van der Waals surface area contributed by atoms with Gasteiger partial charge in [-0.15, -0.1) is 11.1 Å². The van der Waals surface area contributed by atoms with Crippen LogP contribution in [0.2, 0.25) is 19.6 Å². The van der Waals surface area contributed by atoms with Crippen LogP contribution >= 0.6 is 11.1 Å². The Bertz CT molecular complexity index is 958. The maximum atomic E-state index is 7.74. The van der Waals surface area contributed by atoms with Gasteiger partial charge >= 0.3 is 0 Å². The monoisotopic (exact) mass is 408 g/mol. The van der Waals surface area contributed by atoms with Crippen LogP contribution in [0.4, 0.5) is 0 Å². The van der Waals surface area contributed by atoms with E-state index in [0.29, 0.717) is 0 Å². The summed E-state index contributed by atoms with van der Waals surface area (Å²) < 4.78 is 0. The molecular weight excluding hydrogens is 380 g/mol. The summed E-state index contributed by atoms with van der Waals surface area (Å²) in [5.74, 6) is 0. The first kappa shape index (κ1) is 20.1. The minimum absolute atomic E-state index is 1.26. The summed E-state index contributed by atoms with van der Waals surface area (Å²) in [5, 5.41) is 5.35. The SMILES string of the molecule is Cc1cc([Si](C)(C)C)cc([Si](Cl)(c2ccccc2)c2cccc(C)c2C)c1. The summed E-state index contributed by atoms with van der Waals surface area (Å²) in [6, 6.07) is 24.4. The molecule has 0 amide bonds. The molecule has 0 fully saturated rings. The van der Waals surface area contributed by atoms with Gasteiger partial charge in [-0.1, -0.05) is 97.1 Å². The van der Waals surface area contributed by atoms with Crippen LogP contribution in [0.25, 0.3) is 0 Å². The Morgan fingerprint density at radius 2 is 1.30 bits per heavy atom. The minimum Gasteiger partial charge on any atom is -0.149 e. The number of hydrogen-bond donors (Lipinski definition) is 0. The largest absolute Gasteiger partial charge is 0.248 e. The fraction of sp³-hybridized carbons (Fsp3) is 0.250. The summed E-state index contributed by atoms with van der Waals surface area (Å²) >= 11 is 7.74. The first-order chi connectivity index (χ1) is 12.6. The van der Waals surface area contributed by atoms with Crippen molar-refractivity contribution >= 4 is 47.3 Å². The zero-order valence-electron chi connectivity index (χ0n) is 17.2. The van der Waals surface area contributed by atoms with E-state index in [2.05, 4.69) is 107 Å². The molecule has 0 saturated heterocycles. The van der Waals surface area contributed by atoms with Crippen molar-refractivity contribution in [1.82, 2.24) is 0 Å². The van der Waals surface area contributed by atoms with Crippen LogP contribution in [0, 0.1) is 20.8 Å². The van der Waals surface area contributed by atoms with Crippen molar-refractivity contribution in [2.24, 2.45) is 0 Å². The van der Waals surface area contributed by atoms with E-state index >= 15 is 0 Å². The van der Waals surface area contributed by atoms with Gasteiger partial charge in [-0.05, 0) is 47.5 Å². The fourth-order valence-corrected chi connectivity index (χ4v) is 9.83. The highest BCUT2D eigenvalue weighted by Crippen LogP contribution is 2.17. The second-order valence-electron chi connectivity index (χ2n) is 8.61. The predicted octanol–water partition coefficient (Wildman–Crippen LogP) is 4.36. The molecule has 0 aliphatic carbocycles. The molecule has 0 N–H and O–H groups in total. The molecule has 0 saturated carbocycles. The second kappa shape index (κ2) is 7.42. The third kappa shape index (κ3) is 3.84. The Kier molecular flexibility index (Phi) is 5.53. The Morgan fingerprint density at radius 1 is 0.667 bits per heavy atom. The van der Waals surface area contributed by atoms with Crippen molar-refractivity contribution in [3.8, 4) is 0 Å². The van der Waals surface area contributed by atoms with Crippen molar-refractivity contribution in [2.75, 3.05) is 0 Å². The molecule has 27 heavy (non-hydrogen) atoms. The average molecular weight is 409 g/mol. The van der Waals surface area contributed by atoms with E-state index in [9.17, 15) is 0 Å². The first-order valence-electron chi connectivity index (χ1n) is 9.58. The van der Waals surface area contributed by atoms with Crippen LogP contribution < -0.4 is 20.7 Å². The van der Waals surface area contributed by atoms with Gasteiger partial charge in [0.25, 0.3) is 0 Å². The van der Waals surface area contributed by atoms with Crippen LogP contribution in [0.3, 0.4) is 0 Å². The van der Waals surface area contributed by atoms with Crippen LogP contribution in [0.1, 0.15) is 16.7 Å². The lowest BCUT2D eigenvalue weighted by Gasteiger charge is -2.30. The van der Waals surface area contributed by atoms with Gasteiger partial charge in [0.15, 0.2) is 0 Å². The van der Waals surface area contributed by atoms with Gasteiger partial charge in [-0.25, -0.2) is 0 Å². The molecule has 3 heteroatoms. The van der Waals surface area contributed by atoms with Gasteiger partial charge in [-0.3, -0.25) is 0 Å². The molecule has 0 bridgehead atoms. The standard InChI is InChI=1S/C24H29ClSi2/c1-18-15-22(26(4,5)6)17-23(16-18)27(25,21-12-8-7-9-13-21)24-14-10-11-19(2)20(24)3/h7-17H,1-6H3. The summed E-state index contributed by atoms with van der Waals surface area (Å²) in [5.41, 5.74) is 3.93. The van der Waals surface area contributed by atoms with E-state index in [1.54, 1.807) is 0 Å². The summed E-state index contributed by atoms with van der Waals surface area (Å²) in [4.78, 5) is 0. The topological polar surface area (TPSA) is 0 Å². The molecule has 140 valence electrons. The van der Waals surface area contributed by atoms with Crippen LogP contribution in [0.15, 0.2) is 66.7 Å². The van der Waals surface area contributed by atoms with Gasteiger partial charge in [0.2, 0.25) is 7.38 Å². The highest BCUT2D eigenvalue weighted by molar-refractivity contribution is 7.40. The molecule has 3 aromatic carbocycles. The minimum atomic E-state index is -2.60. The fourth-order valence-electron chi connectivity index (χ4n) is 3.68.